The average Bonchev–Trinajstić information content (AvgIpc) is 2.39. The average molecular weight is 253 g/mol. The molecule has 0 radical (unpaired) electrons. The Kier molecular flexibility index (Phi) is 5.04. The number of rotatable bonds is 4. The summed E-state index contributed by atoms with van der Waals surface area (Å²) in [5.41, 5.74) is 0. The van der Waals surface area contributed by atoms with E-state index >= 15 is 0 Å². The summed E-state index contributed by atoms with van der Waals surface area (Å²) in [6, 6.07) is -0.208. The van der Waals surface area contributed by atoms with Gasteiger partial charge < -0.3 is 5.11 Å². The molecule has 1 aliphatic heterocycles. The summed E-state index contributed by atoms with van der Waals surface area (Å²) in [5.74, 6) is 1.01. The van der Waals surface area contributed by atoms with Gasteiger partial charge in [0.1, 0.15) is 6.04 Å². The van der Waals surface area contributed by atoms with E-state index in [1.807, 2.05) is 0 Å². The maximum absolute atomic E-state index is 11.3. The third kappa shape index (κ3) is 3.47. The van der Waals surface area contributed by atoms with Crippen LogP contribution in [0.15, 0.2) is 0 Å². The smallest absolute Gasteiger partial charge is 0.320 e. The number of hydrogen-bond acceptors (Lipinski definition) is 2. The van der Waals surface area contributed by atoms with Gasteiger partial charge in [0.15, 0.2) is 0 Å². The minimum Gasteiger partial charge on any atom is -0.480 e. The van der Waals surface area contributed by atoms with Crippen molar-refractivity contribution in [1.29, 1.82) is 0 Å². The zero-order chi connectivity index (χ0) is 13.0. The Morgan fingerprint density at radius 1 is 1.17 bits per heavy atom. The third-order valence-corrected chi connectivity index (χ3v) is 4.86. The zero-order valence-electron chi connectivity index (χ0n) is 11.6. The molecule has 0 bridgehead atoms. The first-order chi connectivity index (χ1) is 8.70. The van der Waals surface area contributed by atoms with Crippen LogP contribution in [-0.4, -0.2) is 35.1 Å². The molecule has 2 rings (SSSR count). The van der Waals surface area contributed by atoms with Crippen LogP contribution in [0, 0.1) is 11.8 Å². The lowest BCUT2D eigenvalue weighted by atomic mass is 9.79. The first-order valence-electron chi connectivity index (χ1n) is 7.67. The zero-order valence-corrected chi connectivity index (χ0v) is 11.6. The lowest BCUT2D eigenvalue weighted by molar-refractivity contribution is -0.145. The Bertz CT molecular complexity index is 280. The van der Waals surface area contributed by atoms with Crippen LogP contribution in [0.4, 0.5) is 0 Å². The van der Waals surface area contributed by atoms with Crippen LogP contribution in [0.5, 0.6) is 0 Å². The van der Waals surface area contributed by atoms with Crippen molar-refractivity contribution < 1.29 is 9.90 Å². The molecule has 1 saturated carbocycles. The molecule has 3 nitrogen and oxygen atoms in total. The molecule has 1 heterocycles. The van der Waals surface area contributed by atoms with E-state index in [2.05, 4.69) is 11.8 Å². The van der Waals surface area contributed by atoms with Gasteiger partial charge in [0.05, 0.1) is 0 Å². The second-order valence-electron chi connectivity index (χ2n) is 6.15. The van der Waals surface area contributed by atoms with E-state index in [4.69, 9.17) is 0 Å². The molecular weight excluding hydrogens is 226 g/mol. The number of carbonyl (C=O) groups is 1. The highest BCUT2D eigenvalue weighted by Crippen LogP contribution is 2.32. The predicted molar refractivity (Wildman–Crippen MR) is 72.6 cm³/mol. The molecule has 2 fully saturated rings. The van der Waals surface area contributed by atoms with E-state index in [-0.39, 0.29) is 6.04 Å². The molecule has 1 aliphatic carbocycles. The Morgan fingerprint density at radius 2 is 1.94 bits per heavy atom. The van der Waals surface area contributed by atoms with Crippen LogP contribution in [0.3, 0.4) is 0 Å². The second-order valence-corrected chi connectivity index (χ2v) is 6.15. The predicted octanol–water partition coefficient (Wildman–Crippen LogP) is 3.14. The Hall–Kier alpha value is -0.570. The molecule has 1 saturated heterocycles. The van der Waals surface area contributed by atoms with Gasteiger partial charge in [0.25, 0.3) is 0 Å². The van der Waals surface area contributed by atoms with Gasteiger partial charge in [-0.2, -0.15) is 0 Å². The van der Waals surface area contributed by atoms with Crippen molar-refractivity contribution in [3.05, 3.63) is 0 Å². The highest BCUT2D eigenvalue weighted by molar-refractivity contribution is 5.73. The molecule has 18 heavy (non-hydrogen) atoms. The van der Waals surface area contributed by atoms with Gasteiger partial charge in [-0.05, 0) is 44.1 Å². The van der Waals surface area contributed by atoms with Crippen molar-refractivity contribution >= 4 is 5.97 Å². The Balaban J connectivity index is 1.88. The molecule has 3 atom stereocenters. The molecule has 3 unspecified atom stereocenters. The first kappa shape index (κ1) is 13.9. The van der Waals surface area contributed by atoms with E-state index in [1.165, 1.54) is 38.5 Å². The molecule has 1 N–H and O–H groups in total. The van der Waals surface area contributed by atoms with Crippen LogP contribution in [0.25, 0.3) is 0 Å². The summed E-state index contributed by atoms with van der Waals surface area (Å²) in [6.07, 6.45) is 9.74. The van der Waals surface area contributed by atoms with E-state index in [0.29, 0.717) is 0 Å². The van der Waals surface area contributed by atoms with Crippen LogP contribution < -0.4 is 0 Å². The summed E-state index contributed by atoms with van der Waals surface area (Å²) < 4.78 is 0. The van der Waals surface area contributed by atoms with Gasteiger partial charge >= 0.3 is 5.97 Å². The second kappa shape index (κ2) is 6.55. The topological polar surface area (TPSA) is 40.5 Å². The summed E-state index contributed by atoms with van der Waals surface area (Å²) in [6.45, 7) is 4.30. The molecule has 0 spiro atoms. The van der Waals surface area contributed by atoms with Crippen molar-refractivity contribution in [3.63, 3.8) is 0 Å². The minimum atomic E-state index is -0.613. The highest BCUT2D eigenvalue weighted by Gasteiger charge is 2.31. The van der Waals surface area contributed by atoms with Crippen LogP contribution in [0.2, 0.25) is 0 Å². The van der Waals surface area contributed by atoms with E-state index in [9.17, 15) is 9.90 Å². The molecule has 104 valence electrons. The van der Waals surface area contributed by atoms with E-state index in [1.54, 1.807) is 0 Å². The SMILES string of the molecule is CCC1CCCC(CN2CCCCC2C(=O)O)C1. The number of carboxylic acid groups (broad SMARTS) is 1. The van der Waals surface area contributed by atoms with Gasteiger partial charge in [-0.15, -0.1) is 0 Å². The lowest BCUT2D eigenvalue weighted by Crippen LogP contribution is -2.47. The van der Waals surface area contributed by atoms with Crippen molar-refractivity contribution in [2.24, 2.45) is 11.8 Å². The fraction of sp³-hybridized carbons (Fsp3) is 0.933. The maximum atomic E-state index is 11.3. The third-order valence-electron chi connectivity index (χ3n) is 4.86. The van der Waals surface area contributed by atoms with Gasteiger partial charge in [-0.3, -0.25) is 9.69 Å². The van der Waals surface area contributed by atoms with Gasteiger partial charge in [0, 0.05) is 6.54 Å². The molecule has 0 aromatic heterocycles. The Morgan fingerprint density at radius 3 is 2.67 bits per heavy atom. The van der Waals surface area contributed by atoms with Crippen LogP contribution in [-0.2, 0) is 4.79 Å². The van der Waals surface area contributed by atoms with Gasteiger partial charge in [-0.1, -0.05) is 32.6 Å². The maximum Gasteiger partial charge on any atom is 0.320 e. The normalized spacial score (nSPS) is 34.4. The largest absolute Gasteiger partial charge is 0.480 e. The summed E-state index contributed by atoms with van der Waals surface area (Å²) >= 11 is 0. The van der Waals surface area contributed by atoms with Crippen molar-refractivity contribution in [1.82, 2.24) is 4.90 Å². The van der Waals surface area contributed by atoms with E-state index in [0.717, 1.165) is 37.8 Å². The highest BCUT2D eigenvalue weighted by atomic mass is 16.4. The first-order valence-corrected chi connectivity index (χ1v) is 7.67. The summed E-state index contributed by atoms with van der Waals surface area (Å²) in [7, 11) is 0. The van der Waals surface area contributed by atoms with Crippen molar-refractivity contribution in [2.45, 2.75) is 64.3 Å². The molecule has 0 aromatic rings. The van der Waals surface area contributed by atoms with Crippen LogP contribution >= 0.6 is 0 Å². The number of aliphatic carboxylic acids is 1. The van der Waals surface area contributed by atoms with E-state index < -0.39 is 5.97 Å². The lowest BCUT2D eigenvalue weighted by Gasteiger charge is -2.38. The fourth-order valence-electron chi connectivity index (χ4n) is 3.76. The molecule has 0 aromatic carbocycles. The quantitative estimate of drug-likeness (QED) is 0.836. The number of hydrogen-bond donors (Lipinski definition) is 1. The number of piperidine rings is 1. The van der Waals surface area contributed by atoms with Crippen molar-refractivity contribution in [3.8, 4) is 0 Å². The summed E-state index contributed by atoms with van der Waals surface area (Å²) in [4.78, 5) is 13.5. The standard InChI is InChI=1S/C15H27NO2/c1-2-12-6-5-7-13(10-12)11-16-9-4-3-8-14(16)15(17)18/h12-14H,2-11H2,1H3,(H,17,18). The number of nitrogens with zero attached hydrogens (tertiary/aromatic N) is 1. The summed E-state index contributed by atoms with van der Waals surface area (Å²) in [5, 5.41) is 9.29. The van der Waals surface area contributed by atoms with Crippen LogP contribution in [0.1, 0.15) is 58.3 Å². The minimum absolute atomic E-state index is 0.208. The Labute approximate surface area is 111 Å². The molecule has 2 aliphatic rings. The number of likely N-dealkylation sites (tertiary alicyclic amines) is 1. The number of carboxylic acids is 1. The molecule has 3 heteroatoms. The van der Waals surface area contributed by atoms with Gasteiger partial charge in [0.2, 0.25) is 0 Å². The van der Waals surface area contributed by atoms with Crippen molar-refractivity contribution in [2.75, 3.05) is 13.1 Å². The fourth-order valence-corrected chi connectivity index (χ4v) is 3.76. The molecular formula is C15H27NO2. The van der Waals surface area contributed by atoms with Gasteiger partial charge in [-0.25, -0.2) is 0 Å². The molecule has 0 amide bonds. The monoisotopic (exact) mass is 253 g/mol.